The van der Waals surface area contributed by atoms with Crippen LogP contribution in [0, 0.1) is 0 Å². The lowest BCUT2D eigenvalue weighted by Gasteiger charge is -2.13. The normalized spacial score (nSPS) is 12.8. The predicted octanol–water partition coefficient (Wildman–Crippen LogP) is 2.37. The average molecular weight is 292 g/mol. The minimum Gasteiger partial charge on any atom is -0.366 e. The van der Waals surface area contributed by atoms with Gasteiger partial charge >= 0.3 is 5.51 Å². The zero-order chi connectivity index (χ0) is 14.6. The van der Waals surface area contributed by atoms with E-state index >= 15 is 0 Å². The Balaban J connectivity index is 2.64. The molecule has 1 aromatic rings. The van der Waals surface area contributed by atoms with E-state index in [1.807, 2.05) is 0 Å². The first-order chi connectivity index (χ1) is 8.69. The molecule has 19 heavy (non-hydrogen) atoms. The van der Waals surface area contributed by atoms with Gasteiger partial charge in [-0.05, 0) is 43.0 Å². The van der Waals surface area contributed by atoms with E-state index in [0.717, 1.165) is 6.92 Å². The van der Waals surface area contributed by atoms with Gasteiger partial charge in [0.15, 0.2) is 0 Å². The molecule has 0 aliphatic heterocycles. The number of rotatable bonds is 4. The van der Waals surface area contributed by atoms with Crippen molar-refractivity contribution in [2.45, 2.75) is 17.7 Å². The minimum atomic E-state index is -4.47. The van der Waals surface area contributed by atoms with Gasteiger partial charge in [0.05, 0.1) is 5.25 Å². The van der Waals surface area contributed by atoms with Gasteiger partial charge in [-0.2, -0.15) is 13.2 Å². The van der Waals surface area contributed by atoms with Crippen LogP contribution in [0.2, 0.25) is 0 Å². The van der Waals surface area contributed by atoms with Crippen LogP contribution in [0.3, 0.4) is 0 Å². The second-order valence-corrected chi connectivity index (χ2v) is 5.04. The van der Waals surface area contributed by atoms with E-state index in [2.05, 4.69) is 5.32 Å². The number of nitrogens with one attached hydrogen (secondary N) is 1. The van der Waals surface area contributed by atoms with Crippen LogP contribution >= 0.6 is 11.8 Å². The lowest BCUT2D eigenvalue weighted by atomic mass is 10.2. The number of hydrogen-bond acceptors (Lipinski definition) is 3. The molecule has 0 aliphatic carbocycles. The Morgan fingerprint density at radius 1 is 1.26 bits per heavy atom. The molecule has 8 heteroatoms. The topological polar surface area (TPSA) is 72.2 Å². The predicted molar refractivity (Wildman–Crippen MR) is 66.7 cm³/mol. The molecule has 0 bridgehead atoms. The van der Waals surface area contributed by atoms with Gasteiger partial charge < -0.3 is 11.1 Å². The molecular weight excluding hydrogens is 281 g/mol. The molecule has 4 nitrogen and oxygen atoms in total. The van der Waals surface area contributed by atoms with E-state index in [1.54, 1.807) is 0 Å². The second kappa shape index (κ2) is 5.96. The zero-order valence-corrected chi connectivity index (χ0v) is 10.6. The Bertz CT molecular complexity index is 474. The maximum absolute atomic E-state index is 12.1. The summed E-state index contributed by atoms with van der Waals surface area (Å²) in [5.74, 6) is -1.40. The number of alkyl halides is 3. The van der Waals surface area contributed by atoms with Crippen molar-refractivity contribution in [3.8, 4) is 0 Å². The van der Waals surface area contributed by atoms with Crippen LogP contribution < -0.4 is 11.1 Å². The van der Waals surface area contributed by atoms with Crippen LogP contribution in [0.5, 0.6) is 0 Å². The quantitative estimate of drug-likeness (QED) is 0.895. The number of primary amides is 1. The molecular formula is C11H11F3N2O2S. The van der Waals surface area contributed by atoms with Crippen LogP contribution in [0.15, 0.2) is 24.3 Å². The van der Waals surface area contributed by atoms with Gasteiger partial charge in [0.25, 0.3) is 0 Å². The highest BCUT2D eigenvalue weighted by Crippen LogP contribution is 2.34. The molecule has 1 atom stereocenters. The van der Waals surface area contributed by atoms with E-state index in [-0.39, 0.29) is 5.56 Å². The molecule has 104 valence electrons. The highest BCUT2D eigenvalue weighted by molar-refractivity contribution is 8.01. The number of hydrogen-bond donors (Lipinski definition) is 2. The smallest absolute Gasteiger partial charge is 0.366 e. The third kappa shape index (κ3) is 5.21. The number of carbonyl (C=O) groups is 2. The van der Waals surface area contributed by atoms with Gasteiger partial charge in [-0.15, -0.1) is 0 Å². The molecule has 0 saturated heterocycles. The minimum absolute atomic E-state index is 0.246. The zero-order valence-electron chi connectivity index (χ0n) is 9.82. The fourth-order valence-corrected chi connectivity index (χ4v) is 1.78. The highest BCUT2D eigenvalue weighted by atomic mass is 32.2. The Kier molecular flexibility index (Phi) is 4.82. The number of nitrogens with two attached hydrogens (primary N) is 1. The summed E-state index contributed by atoms with van der Waals surface area (Å²) in [7, 11) is 0. The van der Waals surface area contributed by atoms with Gasteiger partial charge in [0, 0.05) is 11.3 Å². The van der Waals surface area contributed by atoms with Crippen molar-refractivity contribution in [2.75, 3.05) is 5.32 Å². The summed E-state index contributed by atoms with van der Waals surface area (Å²) in [5.41, 5.74) is 1.10. The maximum Gasteiger partial charge on any atom is 0.442 e. The third-order valence-corrected chi connectivity index (χ3v) is 2.95. The molecule has 0 heterocycles. The molecule has 2 amide bonds. The molecule has 0 radical (unpaired) electrons. The Hall–Kier alpha value is -1.70. The number of benzene rings is 1. The average Bonchev–Trinajstić information content (AvgIpc) is 2.27. The van der Waals surface area contributed by atoms with Gasteiger partial charge in [-0.25, -0.2) is 0 Å². The molecule has 0 spiro atoms. The van der Waals surface area contributed by atoms with Crippen molar-refractivity contribution in [3.63, 3.8) is 0 Å². The van der Waals surface area contributed by atoms with Gasteiger partial charge in [-0.3, -0.25) is 9.59 Å². The van der Waals surface area contributed by atoms with Crippen molar-refractivity contribution in [1.29, 1.82) is 0 Å². The lowest BCUT2D eigenvalue weighted by molar-refractivity contribution is -0.115. The molecule has 0 saturated carbocycles. The number of anilines is 1. The first kappa shape index (κ1) is 15.4. The summed E-state index contributed by atoms with van der Waals surface area (Å²) < 4.78 is 36.2. The standard InChI is InChI=1S/C11H11F3N2O2S/c1-6(19-11(12,13)14)10(18)16-8-4-2-7(3-5-8)9(15)17/h2-6H,1H3,(H2,15,17)(H,16,18)/t6-/m0/s1. The van der Waals surface area contributed by atoms with Gasteiger partial charge in [-0.1, -0.05) is 0 Å². The molecule has 1 rings (SSSR count). The summed E-state index contributed by atoms with van der Waals surface area (Å²) in [6.45, 7) is 1.16. The Morgan fingerprint density at radius 3 is 2.21 bits per heavy atom. The van der Waals surface area contributed by atoms with E-state index in [4.69, 9.17) is 5.73 Å². The van der Waals surface area contributed by atoms with E-state index < -0.39 is 34.3 Å². The molecule has 0 unspecified atom stereocenters. The lowest BCUT2D eigenvalue weighted by Crippen LogP contribution is -2.25. The van der Waals surface area contributed by atoms with E-state index in [1.165, 1.54) is 24.3 Å². The van der Waals surface area contributed by atoms with Gasteiger partial charge in [0.1, 0.15) is 0 Å². The molecule has 1 aromatic carbocycles. The van der Waals surface area contributed by atoms with E-state index in [0.29, 0.717) is 5.69 Å². The summed E-state index contributed by atoms with van der Waals surface area (Å²) >= 11 is -0.394. The van der Waals surface area contributed by atoms with Crippen LogP contribution in [-0.4, -0.2) is 22.6 Å². The number of halogens is 3. The fourth-order valence-electron chi connectivity index (χ4n) is 1.22. The highest BCUT2D eigenvalue weighted by Gasteiger charge is 2.34. The van der Waals surface area contributed by atoms with Crippen LogP contribution in [0.1, 0.15) is 17.3 Å². The second-order valence-electron chi connectivity index (χ2n) is 3.64. The largest absolute Gasteiger partial charge is 0.442 e. The summed E-state index contributed by atoms with van der Waals surface area (Å²) in [5, 5.41) is 1.05. The Morgan fingerprint density at radius 2 is 1.79 bits per heavy atom. The SMILES string of the molecule is C[C@H](SC(F)(F)F)C(=O)Nc1ccc(C(N)=O)cc1. The van der Waals surface area contributed by atoms with Gasteiger partial charge in [0.2, 0.25) is 11.8 Å². The summed E-state index contributed by atoms with van der Waals surface area (Å²) in [6, 6.07) is 5.53. The van der Waals surface area contributed by atoms with Crippen molar-refractivity contribution in [2.24, 2.45) is 5.73 Å². The summed E-state index contributed by atoms with van der Waals surface area (Å²) in [4.78, 5) is 22.3. The third-order valence-electron chi connectivity index (χ3n) is 2.12. The fraction of sp³-hybridized carbons (Fsp3) is 0.273. The monoisotopic (exact) mass is 292 g/mol. The first-order valence-electron chi connectivity index (χ1n) is 5.14. The van der Waals surface area contributed by atoms with Crippen LogP contribution in [-0.2, 0) is 4.79 Å². The maximum atomic E-state index is 12.1. The Labute approximate surface area is 111 Å². The van der Waals surface area contributed by atoms with Crippen molar-refractivity contribution < 1.29 is 22.8 Å². The number of amides is 2. The number of carbonyl (C=O) groups excluding carboxylic acids is 2. The number of thioether (sulfide) groups is 1. The molecule has 0 aromatic heterocycles. The van der Waals surface area contributed by atoms with E-state index in [9.17, 15) is 22.8 Å². The van der Waals surface area contributed by atoms with Crippen molar-refractivity contribution >= 4 is 29.3 Å². The molecule has 0 aliphatic rings. The van der Waals surface area contributed by atoms with Crippen LogP contribution in [0.25, 0.3) is 0 Å². The molecule has 3 N–H and O–H groups in total. The first-order valence-corrected chi connectivity index (χ1v) is 6.02. The molecule has 0 fully saturated rings. The van der Waals surface area contributed by atoms with Crippen molar-refractivity contribution in [3.05, 3.63) is 29.8 Å². The van der Waals surface area contributed by atoms with Crippen LogP contribution in [0.4, 0.5) is 18.9 Å². The summed E-state index contributed by atoms with van der Waals surface area (Å²) in [6.07, 6.45) is 0. The van der Waals surface area contributed by atoms with Crippen molar-refractivity contribution in [1.82, 2.24) is 0 Å².